The lowest BCUT2D eigenvalue weighted by Crippen LogP contribution is -2.52. The zero-order valence-corrected chi connectivity index (χ0v) is 18.2. The summed E-state index contributed by atoms with van der Waals surface area (Å²) in [4.78, 5) is 36.3. The van der Waals surface area contributed by atoms with Crippen LogP contribution in [0.5, 0.6) is 11.5 Å². The number of hydrogen-bond donors (Lipinski definition) is 2. The number of ether oxygens (including phenoxy) is 2. The fourth-order valence-electron chi connectivity index (χ4n) is 3.30. The second-order valence-corrected chi connectivity index (χ2v) is 7.98. The van der Waals surface area contributed by atoms with E-state index < -0.39 is 29.9 Å². The van der Waals surface area contributed by atoms with Crippen molar-refractivity contribution in [3.8, 4) is 22.6 Å². The van der Waals surface area contributed by atoms with Gasteiger partial charge in [0.1, 0.15) is 29.7 Å². The number of carbonyl (C=O) groups is 3. The maximum absolute atomic E-state index is 12.3. The van der Waals surface area contributed by atoms with Crippen LogP contribution >= 0.6 is 0 Å². The van der Waals surface area contributed by atoms with Gasteiger partial charge in [0.25, 0.3) is 5.91 Å². The number of benzene rings is 2. The smallest absolute Gasteiger partial charge is 0.491 e. The summed E-state index contributed by atoms with van der Waals surface area (Å²) in [6.07, 6.45) is -4.59. The molecule has 34 heavy (non-hydrogen) atoms. The first-order valence-corrected chi connectivity index (χ1v) is 10.1. The predicted octanol–water partition coefficient (Wildman–Crippen LogP) is 3.18. The van der Waals surface area contributed by atoms with E-state index in [0.717, 1.165) is 0 Å². The number of nitrogens with zero attached hydrogens (tertiary/aromatic N) is 2. The summed E-state index contributed by atoms with van der Waals surface area (Å²) in [5.74, 6) is -0.449. The number of carbonyl (C=O) groups excluding carboxylic acids is 3. The lowest BCUT2D eigenvalue weighted by atomic mass is 10.0. The average molecular weight is 481 g/mol. The molecule has 2 aromatic rings. The Kier molecular flexibility index (Phi) is 7.01. The Morgan fingerprint density at radius 2 is 1.59 bits per heavy atom. The maximum atomic E-state index is 12.3. The van der Waals surface area contributed by atoms with Crippen LogP contribution in [0.4, 0.5) is 18.0 Å². The topological polar surface area (TPSA) is 108 Å². The number of imide groups is 1. The zero-order valence-electron chi connectivity index (χ0n) is 18.2. The molecule has 0 bridgehead atoms. The number of hydroxylamine groups is 2. The van der Waals surface area contributed by atoms with E-state index in [1.54, 1.807) is 24.3 Å². The molecule has 1 fully saturated rings. The van der Waals surface area contributed by atoms with E-state index >= 15 is 0 Å². The summed E-state index contributed by atoms with van der Waals surface area (Å²) in [7, 11) is 0. The summed E-state index contributed by atoms with van der Waals surface area (Å²) in [6, 6.07) is 10.3. The minimum Gasteiger partial charge on any atom is -0.491 e. The third-order valence-electron chi connectivity index (χ3n) is 5.29. The van der Waals surface area contributed by atoms with E-state index in [9.17, 15) is 32.8 Å². The van der Waals surface area contributed by atoms with Crippen molar-refractivity contribution in [2.24, 2.45) is 0 Å². The molecule has 1 aliphatic heterocycles. The van der Waals surface area contributed by atoms with Gasteiger partial charge in [0.2, 0.25) is 6.41 Å². The third-order valence-corrected chi connectivity index (χ3v) is 5.29. The molecule has 0 aromatic heterocycles. The molecular weight excluding hydrogens is 459 g/mol. The summed E-state index contributed by atoms with van der Waals surface area (Å²) >= 11 is 0. The Labute approximate surface area is 192 Å². The van der Waals surface area contributed by atoms with Crippen LogP contribution < -0.4 is 14.8 Å². The molecule has 9 nitrogen and oxygen atoms in total. The van der Waals surface area contributed by atoms with Crippen LogP contribution in [0, 0.1) is 0 Å². The number of rotatable bonds is 9. The van der Waals surface area contributed by atoms with Gasteiger partial charge in [-0.15, -0.1) is 13.2 Å². The Hall–Kier alpha value is -3.80. The Morgan fingerprint density at radius 3 is 2.03 bits per heavy atom. The number of amides is 4. The van der Waals surface area contributed by atoms with E-state index in [-0.39, 0.29) is 25.3 Å². The lowest BCUT2D eigenvalue weighted by Gasteiger charge is -2.33. The predicted molar refractivity (Wildman–Crippen MR) is 112 cm³/mol. The molecule has 0 radical (unpaired) electrons. The third kappa shape index (κ3) is 5.76. The van der Waals surface area contributed by atoms with Crippen LogP contribution in [0.25, 0.3) is 11.1 Å². The highest BCUT2D eigenvalue weighted by Crippen LogP contribution is 2.28. The zero-order chi connectivity index (χ0) is 25.1. The van der Waals surface area contributed by atoms with Crippen LogP contribution in [-0.2, 0) is 9.59 Å². The number of urea groups is 1. The second kappa shape index (κ2) is 9.59. The van der Waals surface area contributed by atoms with Crippen LogP contribution in [-0.4, -0.2) is 64.6 Å². The van der Waals surface area contributed by atoms with Crippen LogP contribution in [0.1, 0.15) is 13.8 Å². The highest BCUT2D eigenvalue weighted by Gasteiger charge is 2.46. The highest BCUT2D eigenvalue weighted by atomic mass is 19.4. The van der Waals surface area contributed by atoms with E-state index in [1.807, 2.05) is 0 Å². The van der Waals surface area contributed by atoms with E-state index in [2.05, 4.69) is 10.1 Å². The summed E-state index contributed by atoms with van der Waals surface area (Å²) in [5.41, 5.74) is 0.183. The molecule has 1 atom stereocenters. The molecule has 0 spiro atoms. The normalized spacial score (nSPS) is 16.1. The fourth-order valence-corrected chi connectivity index (χ4v) is 3.30. The molecule has 2 N–H and O–H groups in total. The van der Waals surface area contributed by atoms with Gasteiger partial charge in [0, 0.05) is 6.54 Å². The molecule has 0 saturated carbocycles. The Morgan fingerprint density at radius 1 is 1.06 bits per heavy atom. The summed E-state index contributed by atoms with van der Waals surface area (Å²) in [6.45, 7) is 2.72. The van der Waals surface area contributed by atoms with Gasteiger partial charge in [-0.1, -0.05) is 24.3 Å². The number of alkyl halides is 3. The van der Waals surface area contributed by atoms with Crippen LogP contribution in [0.3, 0.4) is 0 Å². The highest BCUT2D eigenvalue weighted by molar-refractivity contribution is 6.06. The standard InChI is InChI=1S/C22H22F3N3O6/c1-21(2)19(30)26-20(31)27(21)11-16(28(32)13-29)12-33-17-7-3-14(4-8-17)15-5-9-18(10-6-15)34-22(23,24)25/h3-10,13,16,32H,11-12H2,1-2H3,(H,26,30,31). The fraction of sp³-hybridized carbons (Fsp3) is 0.318. The van der Waals surface area contributed by atoms with Crippen LogP contribution in [0.15, 0.2) is 48.5 Å². The van der Waals surface area contributed by atoms with Gasteiger partial charge in [-0.3, -0.25) is 20.1 Å². The quantitative estimate of drug-likeness (QED) is 0.247. The first kappa shape index (κ1) is 24.8. The van der Waals surface area contributed by atoms with Gasteiger partial charge in [-0.05, 0) is 49.2 Å². The molecule has 1 aliphatic rings. The van der Waals surface area contributed by atoms with Crippen molar-refractivity contribution >= 4 is 18.3 Å². The molecular formula is C22H22F3N3O6. The van der Waals surface area contributed by atoms with Crippen molar-refractivity contribution in [1.29, 1.82) is 0 Å². The SMILES string of the molecule is CC1(C)C(=O)NC(=O)N1CC(COc1ccc(-c2ccc(OC(F)(F)F)cc2)cc1)N(O)C=O. The Bertz CT molecular complexity index is 1040. The molecule has 1 saturated heterocycles. The molecule has 1 unspecified atom stereocenters. The van der Waals surface area contributed by atoms with Crippen LogP contribution in [0.2, 0.25) is 0 Å². The van der Waals surface area contributed by atoms with Crippen molar-refractivity contribution < 1.29 is 42.2 Å². The maximum Gasteiger partial charge on any atom is 0.573 e. The molecule has 1 heterocycles. The first-order chi connectivity index (χ1) is 15.9. The van der Waals surface area contributed by atoms with Gasteiger partial charge >= 0.3 is 12.4 Å². The van der Waals surface area contributed by atoms with Gasteiger partial charge in [-0.2, -0.15) is 0 Å². The first-order valence-electron chi connectivity index (χ1n) is 10.1. The van der Waals surface area contributed by atoms with Gasteiger partial charge in [0.15, 0.2) is 0 Å². The molecule has 4 amide bonds. The van der Waals surface area contributed by atoms with Crippen molar-refractivity contribution in [2.45, 2.75) is 31.8 Å². The second-order valence-electron chi connectivity index (χ2n) is 7.98. The van der Waals surface area contributed by atoms with Crippen molar-refractivity contribution in [3.05, 3.63) is 48.5 Å². The Balaban J connectivity index is 1.65. The van der Waals surface area contributed by atoms with E-state index in [1.165, 1.54) is 43.0 Å². The van der Waals surface area contributed by atoms with Gasteiger partial charge < -0.3 is 14.4 Å². The minimum atomic E-state index is -4.77. The van der Waals surface area contributed by atoms with Gasteiger partial charge in [-0.25, -0.2) is 9.86 Å². The van der Waals surface area contributed by atoms with Crippen molar-refractivity contribution in [1.82, 2.24) is 15.3 Å². The van der Waals surface area contributed by atoms with E-state index in [0.29, 0.717) is 21.9 Å². The largest absolute Gasteiger partial charge is 0.573 e. The molecule has 3 rings (SSSR count). The van der Waals surface area contributed by atoms with E-state index in [4.69, 9.17) is 4.74 Å². The molecule has 182 valence electrons. The summed E-state index contributed by atoms with van der Waals surface area (Å²) in [5, 5.41) is 12.5. The number of hydrogen-bond acceptors (Lipinski definition) is 6. The lowest BCUT2D eigenvalue weighted by molar-refractivity contribution is -0.274. The van der Waals surface area contributed by atoms with Crippen molar-refractivity contribution in [3.63, 3.8) is 0 Å². The molecule has 0 aliphatic carbocycles. The average Bonchev–Trinajstić information content (AvgIpc) is 2.97. The number of nitrogens with one attached hydrogen (secondary N) is 1. The summed E-state index contributed by atoms with van der Waals surface area (Å²) < 4.78 is 46.4. The monoisotopic (exact) mass is 481 g/mol. The minimum absolute atomic E-state index is 0.162. The number of halogens is 3. The molecule has 12 heteroatoms. The van der Waals surface area contributed by atoms with Crippen molar-refractivity contribution in [2.75, 3.05) is 13.2 Å². The van der Waals surface area contributed by atoms with Gasteiger partial charge in [0.05, 0.1) is 0 Å². The molecule has 2 aromatic carbocycles.